The Bertz CT molecular complexity index is 1200. The number of H-pyrrole nitrogens is 1. The van der Waals surface area contributed by atoms with Gasteiger partial charge in [0.15, 0.2) is 5.16 Å². The van der Waals surface area contributed by atoms with Gasteiger partial charge in [0.2, 0.25) is 5.91 Å². The van der Waals surface area contributed by atoms with Gasteiger partial charge in [-0.3, -0.25) is 9.36 Å². The molecule has 0 saturated heterocycles. The molecule has 144 valence electrons. The molecule has 0 aliphatic rings. The van der Waals surface area contributed by atoms with Crippen LogP contribution in [0.25, 0.3) is 16.7 Å². The molecule has 4 rings (SSSR count). The zero-order chi connectivity index (χ0) is 20.4. The maximum Gasteiger partial charge on any atom is 0.236 e. The van der Waals surface area contributed by atoms with Gasteiger partial charge in [0.05, 0.1) is 22.3 Å². The van der Waals surface area contributed by atoms with Crippen molar-refractivity contribution in [2.75, 3.05) is 11.1 Å². The number of benzene rings is 2. The fourth-order valence-electron chi connectivity index (χ4n) is 3.26. The maximum atomic E-state index is 12.7. The van der Waals surface area contributed by atoms with Crippen LogP contribution in [-0.2, 0) is 4.79 Å². The van der Waals surface area contributed by atoms with Gasteiger partial charge in [-0.25, -0.2) is 4.98 Å². The van der Waals surface area contributed by atoms with Crippen LogP contribution in [-0.4, -0.2) is 26.2 Å². The SMILES string of the molecule is Cc1c(C#N)c(NC(=O)CSc2nc3ccccc3[nH]2)n(-c2ccccc2)c1C. The van der Waals surface area contributed by atoms with E-state index in [4.69, 9.17) is 0 Å². The molecule has 2 N–H and O–H groups in total. The summed E-state index contributed by atoms with van der Waals surface area (Å²) in [6.45, 7) is 3.84. The standard InChI is InChI=1S/C22H19N5OS/c1-14-15(2)27(16-8-4-3-5-9-16)21(17(14)12-23)26-20(28)13-29-22-24-18-10-6-7-11-19(18)25-22/h3-11H,13H2,1-2H3,(H,24,25)(H,26,28). The number of fused-ring (bicyclic) bond motifs is 1. The van der Waals surface area contributed by atoms with Gasteiger partial charge in [0.25, 0.3) is 0 Å². The van der Waals surface area contributed by atoms with Gasteiger partial charge in [-0.05, 0) is 43.7 Å². The highest BCUT2D eigenvalue weighted by Gasteiger charge is 2.20. The first kappa shape index (κ1) is 18.8. The number of amides is 1. The number of nitrogens with one attached hydrogen (secondary N) is 2. The van der Waals surface area contributed by atoms with Crippen LogP contribution < -0.4 is 5.32 Å². The van der Waals surface area contributed by atoms with Gasteiger partial charge in [-0.15, -0.1) is 0 Å². The summed E-state index contributed by atoms with van der Waals surface area (Å²) in [6.07, 6.45) is 0. The van der Waals surface area contributed by atoms with Crippen LogP contribution in [0.15, 0.2) is 59.8 Å². The Balaban J connectivity index is 1.57. The van der Waals surface area contributed by atoms with E-state index in [0.717, 1.165) is 28.0 Å². The number of carbonyl (C=O) groups is 1. The van der Waals surface area contributed by atoms with Crippen molar-refractivity contribution in [3.63, 3.8) is 0 Å². The fraction of sp³-hybridized carbons (Fsp3) is 0.136. The van der Waals surface area contributed by atoms with Crippen LogP contribution in [0.4, 0.5) is 5.82 Å². The highest BCUT2D eigenvalue weighted by Crippen LogP contribution is 2.30. The molecule has 0 spiro atoms. The summed E-state index contributed by atoms with van der Waals surface area (Å²) in [4.78, 5) is 20.4. The van der Waals surface area contributed by atoms with Crippen molar-refractivity contribution < 1.29 is 4.79 Å². The van der Waals surface area contributed by atoms with Crippen LogP contribution in [0.5, 0.6) is 0 Å². The number of aromatic nitrogens is 3. The Morgan fingerprint density at radius 1 is 1.17 bits per heavy atom. The van der Waals surface area contributed by atoms with E-state index in [0.29, 0.717) is 16.5 Å². The summed E-state index contributed by atoms with van der Waals surface area (Å²) in [6, 6.07) is 19.7. The zero-order valence-electron chi connectivity index (χ0n) is 16.1. The molecule has 0 unspecified atom stereocenters. The number of nitriles is 1. The summed E-state index contributed by atoms with van der Waals surface area (Å²) < 4.78 is 1.91. The summed E-state index contributed by atoms with van der Waals surface area (Å²) in [5, 5.41) is 13.3. The van der Waals surface area contributed by atoms with Gasteiger partial charge in [-0.2, -0.15) is 5.26 Å². The largest absolute Gasteiger partial charge is 0.333 e. The minimum Gasteiger partial charge on any atom is -0.333 e. The quantitative estimate of drug-likeness (QED) is 0.480. The highest BCUT2D eigenvalue weighted by molar-refractivity contribution is 7.99. The second-order valence-corrected chi connectivity index (χ2v) is 7.58. The number of nitrogens with zero attached hydrogens (tertiary/aromatic N) is 3. The van der Waals surface area contributed by atoms with E-state index < -0.39 is 0 Å². The lowest BCUT2D eigenvalue weighted by Crippen LogP contribution is -2.17. The number of thioether (sulfide) groups is 1. The Morgan fingerprint density at radius 2 is 1.90 bits per heavy atom. The molecular weight excluding hydrogens is 382 g/mol. The minimum absolute atomic E-state index is 0.183. The Labute approximate surface area is 172 Å². The van der Waals surface area contributed by atoms with Gasteiger partial charge in [0.1, 0.15) is 11.9 Å². The first-order valence-corrected chi connectivity index (χ1v) is 10.1. The van der Waals surface area contributed by atoms with Crippen molar-refractivity contribution in [3.05, 3.63) is 71.4 Å². The Hall–Kier alpha value is -3.50. The number of imidazole rings is 1. The number of aromatic amines is 1. The first-order valence-electron chi connectivity index (χ1n) is 9.13. The predicted octanol–water partition coefficient (Wildman–Crippen LogP) is 4.57. The van der Waals surface area contributed by atoms with Gasteiger partial charge < -0.3 is 10.3 Å². The highest BCUT2D eigenvalue weighted by atomic mass is 32.2. The second kappa shape index (κ2) is 7.86. The normalized spacial score (nSPS) is 10.8. The minimum atomic E-state index is -0.193. The van der Waals surface area contributed by atoms with Crippen LogP contribution in [0.3, 0.4) is 0 Å². The van der Waals surface area contributed by atoms with Crippen molar-refractivity contribution in [2.24, 2.45) is 0 Å². The van der Waals surface area contributed by atoms with Crippen molar-refractivity contribution in [2.45, 2.75) is 19.0 Å². The monoisotopic (exact) mass is 401 g/mol. The maximum absolute atomic E-state index is 12.7. The molecule has 0 bridgehead atoms. The Morgan fingerprint density at radius 3 is 2.62 bits per heavy atom. The van der Waals surface area contributed by atoms with Crippen molar-refractivity contribution in [3.8, 4) is 11.8 Å². The van der Waals surface area contributed by atoms with E-state index in [1.165, 1.54) is 11.8 Å². The third kappa shape index (κ3) is 3.62. The lowest BCUT2D eigenvalue weighted by atomic mass is 10.2. The molecule has 4 aromatic rings. The molecule has 0 aliphatic heterocycles. The molecule has 1 amide bonds. The molecule has 2 heterocycles. The van der Waals surface area contributed by atoms with Gasteiger partial charge >= 0.3 is 0 Å². The second-order valence-electron chi connectivity index (χ2n) is 6.61. The lowest BCUT2D eigenvalue weighted by molar-refractivity contribution is -0.113. The molecule has 0 atom stereocenters. The molecule has 29 heavy (non-hydrogen) atoms. The molecule has 7 heteroatoms. The summed E-state index contributed by atoms with van der Waals surface area (Å²) in [5.74, 6) is 0.494. The number of rotatable bonds is 5. The number of anilines is 1. The third-order valence-electron chi connectivity index (χ3n) is 4.81. The van der Waals surface area contributed by atoms with Crippen LogP contribution in [0, 0.1) is 25.2 Å². The summed E-state index contributed by atoms with van der Waals surface area (Å²) in [5.41, 5.74) is 4.96. The number of carbonyl (C=O) groups excluding carboxylic acids is 1. The third-order valence-corrected chi connectivity index (χ3v) is 5.68. The van der Waals surface area contributed by atoms with Gasteiger partial charge in [-0.1, -0.05) is 42.1 Å². The van der Waals surface area contributed by atoms with E-state index in [-0.39, 0.29) is 11.7 Å². The van der Waals surface area contributed by atoms with E-state index in [1.54, 1.807) is 0 Å². The van der Waals surface area contributed by atoms with Crippen LogP contribution in [0.1, 0.15) is 16.8 Å². The van der Waals surface area contributed by atoms with E-state index in [2.05, 4.69) is 21.4 Å². The molecule has 6 nitrogen and oxygen atoms in total. The topological polar surface area (TPSA) is 86.5 Å². The average Bonchev–Trinajstić information content (AvgIpc) is 3.25. The number of hydrogen-bond donors (Lipinski definition) is 2. The summed E-state index contributed by atoms with van der Waals surface area (Å²) >= 11 is 1.33. The van der Waals surface area contributed by atoms with Crippen molar-refractivity contribution >= 4 is 34.5 Å². The van der Waals surface area contributed by atoms with Crippen LogP contribution in [0.2, 0.25) is 0 Å². The average molecular weight is 401 g/mol. The predicted molar refractivity (Wildman–Crippen MR) is 115 cm³/mol. The molecule has 0 fully saturated rings. The van der Waals surface area contributed by atoms with E-state index in [1.807, 2.05) is 73.0 Å². The van der Waals surface area contributed by atoms with E-state index >= 15 is 0 Å². The molecular formula is C22H19N5OS. The lowest BCUT2D eigenvalue weighted by Gasteiger charge is -2.13. The molecule has 2 aromatic carbocycles. The molecule has 0 radical (unpaired) electrons. The van der Waals surface area contributed by atoms with E-state index in [9.17, 15) is 10.1 Å². The molecule has 0 aliphatic carbocycles. The first-order chi connectivity index (χ1) is 14.1. The Kier molecular flexibility index (Phi) is 5.10. The number of hydrogen-bond acceptors (Lipinski definition) is 4. The molecule has 2 aromatic heterocycles. The number of para-hydroxylation sites is 3. The van der Waals surface area contributed by atoms with Gasteiger partial charge in [0, 0.05) is 11.4 Å². The smallest absolute Gasteiger partial charge is 0.236 e. The fourth-order valence-corrected chi connectivity index (χ4v) is 3.95. The zero-order valence-corrected chi connectivity index (χ0v) is 16.9. The van der Waals surface area contributed by atoms with Crippen molar-refractivity contribution in [1.29, 1.82) is 5.26 Å². The molecule has 0 saturated carbocycles. The van der Waals surface area contributed by atoms with Crippen LogP contribution >= 0.6 is 11.8 Å². The van der Waals surface area contributed by atoms with Crippen molar-refractivity contribution in [1.82, 2.24) is 14.5 Å². The summed E-state index contributed by atoms with van der Waals surface area (Å²) in [7, 11) is 0.